The normalized spacial score (nSPS) is 13.9. The minimum absolute atomic E-state index is 0.174. The maximum absolute atomic E-state index is 13.2. The Hall–Kier alpha value is -4.56. The maximum atomic E-state index is 13.2. The largest absolute Gasteiger partial charge is 0.368 e. The monoisotopic (exact) mass is 486 g/mol. The molecule has 4 aromatic rings. The molecule has 37 heavy (non-hydrogen) atoms. The molecule has 1 amide bonds. The summed E-state index contributed by atoms with van der Waals surface area (Å²) >= 11 is 0. The van der Waals surface area contributed by atoms with Crippen LogP contribution in [-0.4, -0.2) is 41.6 Å². The molecule has 1 aliphatic rings. The first-order valence-corrected chi connectivity index (χ1v) is 12.6. The van der Waals surface area contributed by atoms with Crippen LogP contribution in [0.15, 0.2) is 96.6 Å². The zero-order chi connectivity index (χ0) is 25.8. The molecule has 0 saturated carbocycles. The molecule has 2 heterocycles. The van der Waals surface area contributed by atoms with Gasteiger partial charge in [0.05, 0.1) is 0 Å². The summed E-state index contributed by atoms with van der Waals surface area (Å²) in [6.45, 7) is 6.77. The molecule has 5 heteroatoms. The van der Waals surface area contributed by atoms with Gasteiger partial charge in [-0.2, -0.15) is 5.26 Å². The Balaban J connectivity index is 1.33. The topological polar surface area (TPSA) is 52.3 Å². The van der Waals surface area contributed by atoms with Crippen molar-refractivity contribution in [3.8, 4) is 22.9 Å². The fourth-order valence-electron chi connectivity index (χ4n) is 5.04. The summed E-state index contributed by atoms with van der Waals surface area (Å²) in [5.74, 6) is -0.202. The molecule has 0 spiro atoms. The number of aryl methyl sites for hydroxylation is 1. The van der Waals surface area contributed by atoms with Crippen LogP contribution in [0.3, 0.4) is 0 Å². The molecule has 1 aliphatic heterocycles. The van der Waals surface area contributed by atoms with Crippen LogP contribution in [0.5, 0.6) is 0 Å². The van der Waals surface area contributed by atoms with E-state index in [1.54, 1.807) is 11.0 Å². The number of benzene rings is 3. The highest BCUT2D eigenvalue weighted by molar-refractivity contribution is 6.02. The van der Waals surface area contributed by atoms with E-state index in [0.29, 0.717) is 13.1 Å². The van der Waals surface area contributed by atoms with E-state index in [9.17, 15) is 10.1 Å². The van der Waals surface area contributed by atoms with Gasteiger partial charge in [-0.15, -0.1) is 0 Å². The highest BCUT2D eigenvalue weighted by Gasteiger charge is 2.24. The number of anilines is 1. The molecule has 0 atom stereocenters. The molecule has 0 unspecified atom stereocenters. The van der Waals surface area contributed by atoms with E-state index in [1.807, 2.05) is 56.3 Å². The van der Waals surface area contributed by atoms with E-state index in [-0.39, 0.29) is 11.5 Å². The lowest BCUT2D eigenvalue weighted by Crippen LogP contribution is -2.49. The zero-order valence-electron chi connectivity index (χ0n) is 21.3. The quantitative estimate of drug-likeness (QED) is 0.256. The second-order valence-electron chi connectivity index (χ2n) is 9.36. The first-order chi connectivity index (χ1) is 18.0. The van der Waals surface area contributed by atoms with Crippen LogP contribution < -0.4 is 4.90 Å². The number of rotatable bonds is 5. The minimum Gasteiger partial charge on any atom is -0.368 e. The predicted octanol–water partition coefficient (Wildman–Crippen LogP) is 6.02. The van der Waals surface area contributed by atoms with Crippen molar-refractivity contribution in [1.29, 1.82) is 5.26 Å². The molecule has 0 radical (unpaired) electrons. The molecular formula is C32H30N4O. The van der Waals surface area contributed by atoms with Crippen molar-refractivity contribution in [1.82, 2.24) is 9.47 Å². The second-order valence-corrected chi connectivity index (χ2v) is 9.36. The number of piperazine rings is 1. The van der Waals surface area contributed by atoms with Gasteiger partial charge in [-0.25, -0.2) is 0 Å². The maximum Gasteiger partial charge on any atom is 0.264 e. The predicted molar refractivity (Wildman–Crippen MR) is 150 cm³/mol. The lowest BCUT2D eigenvalue weighted by molar-refractivity contribution is -0.126. The smallest absolute Gasteiger partial charge is 0.264 e. The molecule has 5 nitrogen and oxygen atoms in total. The molecule has 184 valence electrons. The lowest BCUT2D eigenvalue weighted by atomic mass is 10.1. The average molecular weight is 487 g/mol. The van der Waals surface area contributed by atoms with Crippen molar-refractivity contribution < 1.29 is 4.79 Å². The van der Waals surface area contributed by atoms with Crippen LogP contribution in [0.4, 0.5) is 5.69 Å². The summed E-state index contributed by atoms with van der Waals surface area (Å²) in [4.78, 5) is 17.3. The van der Waals surface area contributed by atoms with Crippen LogP contribution in [0.2, 0.25) is 0 Å². The fraction of sp³-hybridized carbons (Fsp3) is 0.188. The number of aromatic nitrogens is 1. The summed E-state index contributed by atoms with van der Waals surface area (Å²) in [6, 6.07) is 33.2. The number of hydrogen-bond acceptors (Lipinski definition) is 3. The Labute approximate surface area is 218 Å². The number of nitriles is 1. The average Bonchev–Trinajstić information content (AvgIpc) is 3.24. The SMILES string of the molecule is Cc1cc(/C=C(\C#N)C(=O)N2CCN(c3ccccc3)CC2)c(C)n1-c1ccc(-c2ccccc2)cc1. The van der Waals surface area contributed by atoms with Crippen molar-refractivity contribution in [2.24, 2.45) is 0 Å². The molecule has 0 bridgehead atoms. The van der Waals surface area contributed by atoms with Crippen molar-refractivity contribution in [3.63, 3.8) is 0 Å². The second kappa shape index (κ2) is 10.6. The van der Waals surface area contributed by atoms with Gasteiger partial charge in [0, 0.05) is 48.9 Å². The number of para-hydroxylation sites is 1. The molecule has 1 aromatic heterocycles. The molecule has 1 saturated heterocycles. The Morgan fingerprint density at radius 2 is 1.38 bits per heavy atom. The summed E-state index contributed by atoms with van der Waals surface area (Å²) in [5.41, 5.74) is 7.67. The number of hydrogen-bond donors (Lipinski definition) is 0. The molecule has 5 rings (SSSR count). The zero-order valence-corrected chi connectivity index (χ0v) is 21.3. The molecule has 0 aliphatic carbocycles. The highest BCUT2D eigenvalue weighted by Crippen LogP contribution is 2.26. The summed E-state index contributed by atoms with van der Waals surface area (Å²) in [5, 5.41) is 9.86. The third-order valence-electron chi connectivity index (χ3n) is 7.04. The first kappa shape index (κ1) is 24.1. The van der Waals surface area contributed by atoms with E-state index in [0.717, 1.165) is 47.0 Å². The third kappa shape index (κ3) is 5.05. The van der Waals surface area contributed by atoms with Crippen molar-refractivity contribution in [2.45, 2.75) is 13.8 Å². The number of carbonyl (C=O) groups excluding carboxylic acids is 1. The van der Waals surface area contributed by atoms with Crippen LogP contribution in [-0.2, 0) is 4.79 Å². The van der Waals surface area contributed by atoms with Gasteiger partial charge in [0.2, 0.25) is 0 Å². The summed E-state index contributed by atoms with van der Waals surface area (Å²) in [6.07, 6.45) is 1.74. The van der Waals surface area contributed by atoms with Gasteiger partial charge in [-0.05, 0) is 66.9 Å². The number of amides is 1. The number of carbonyl (C=O) groups is 1. The van der Waals surface area contributed by atoms with E-state index < -0.39 is 0 Å². The Morgan fingerprint density at radius 1 is 0.784 bits per heavy atom. The molecule has 0 N–H and O–H groups in total. The van der Waals surface area contributed by atoms with Gasteiger partial charge in [0.15, 0.2) is 0 Å². The van der Waals surface area contributed by atoms with Crippen LogP contribution in [0.25, 0.3) is 22.9 Å². The number of nitrogens with zero attached hydrogens (tertiary/aromatic N) is 4. The third-order valence-corrected chi connectivity index (χ3v) is 7.04. The summed E-state index contributed by atoms with van der Waals surface area (Å²) in [7, 11) is 0. The molecule has 3 aromatic carbocycles. The van der Waals surface area contributed by atoms with Gasteiger partial charge < -0.3 is 14.4 Å². The lowest BCUT2D eigenvalue weighted by Gasteiger charge is -2.36. The van der Waals surface area contributed by atoms with E-state index >= 15 is 0 Å². The standard InChI is InChI=1S/C32H30N4O/c1-24-21-28(25(2)36(24)31-15-13-27(14-16-31)26-9-5-3-6-10-26)22-29(23-33)32(37)35-19-17-34(18-20-35)30-11-7-4-8-12-30/h3-16,21-22H,17-20H2,1-2H3/b29-22+. The van der Waals surface area contributed by atoms with Crippen molar-refractivity contribution >= 4 is 17.7 Å². The van der Waals surface area contributed by atoms with Crippen LogP contribution in [0.1, 0.15) is 17.0 Å². The van der Waals surface area contributed by atoms with Crippen LogP contribution >= 0.6 is 0 Å². The van der Waals surface area contributed by atoms with E-state index in [4.69, 9.17) is 0 Å². The Morgan fingerprint density at radius 3 is 2.00 bits per heavy atom. The first-order valence-electron chi connectivity index (χ1n) is 12.6. The molecular weight excluding hydrogens is 456 g/mol. The van der Waals surface area contributed by atoms with Crippen LogP contribution in [0, 0.1) is 25.2 Å². The van der Waals surface area contributed by atoms with Gasteiger partial charge >= 0.3 is 0 Å². The molecule has 1 fully saturated rings. The highest BCUT2D eigenvalue weighted by atomic mass is 16.2. The van der Waals surface area contributed by atoms with E-state index in [1.165, 1.54) is 5.56 Å². The fourth-order valence-corrected chi connectivity index (χ4v) is 5.04. The van der Waals surface area contributed by atoms with Crippen molar-refractivity contribution in [2.75, 3.05) is 31.1 Å². The van der Waals surface area contributed by atoms with E-state index in [2.05, 4.69) is 64.1 Å². The van der Waals surface area contributed by atoms with Gasteiger partial charge in [0.1, 0.15) is 11.6 Å². The minimum atomic E-state index is -0.202. The summed E-state index contributed by atoms with van der Waals surface area (Å²) < 4.78 is 2.17. The Kier molecular flexibility index (Phi) is 6.91. The van der Waals surface area contributed by atoms with Crippen molar-refractivity contribution in [3.05, 3.63) is 114 Å². The Bertz CT molecular complexity index is 1450. The van der Waals surface area contributed by atoms with Gasteiger partial charge in [-0.3, -0.25) is 4.79 Å². The van der Waals surface area contributed by atoms with Gasteiger partial charge in [-0.1, -0.05) is 60.7 Å². The van der Waals surface area contributed by atoms with Gasteiger partial charge in [0.25, 0.3) is 5.91 Å².